The number of aryl methyl sites for hydroxylation is 2. The lowest BCUT2D eigenvalue weighted by Crippen LogP contribution is -2.15. The molecule has 0 saturated heterocycles. The number of anilines is 3. The second kappa shape index (κ2) is 9.06. The summed E-state index contributed by atoms with van der Waals surface area (Å²) in [5, 5.41) is 30.5. The second-order valence-corrected chi connectivity index (χ2v) is 10.4. The van der Waals surface area contributed by atoms with E-state index in [0.29, 0.717) is 4.88 Å². The van der Waals surface area contributed by atoms with E-state index in [0.717, 1.165) is 32.9 Å². The van der Waals surface area contributed by atoms with Gasteiger partial charge >= 0.3 is 0 Å². The highest BCUT2D eigenvalue weighted by molar-refractivity contribution is 7.16. The maximum absolute atomic E-state index is 9.64. The van der Waals surface area contributed by atoms with Gasteiger partial charge in [-0.2, -0.15) is 15.8 Å². The predicted molar refractivity (Wildman–Crippen MR) is 154 cm³/mol. The quantitative estimate of drug-likeness (QED) is 0.225. The Labute approximate surface area is 225 Å². The van der Waals surface area contributed by atoms with E-state index in [2.05, 4.69) is 91.5 Å². The molecular formula is C33H20N4S. The van der Waals surface area contributed by atoms with Gasteiger partial charge in [0.15, 0.2) is 0 Å². The molecular weight excluding hydrogens is 484 g/mol. The lowest BCUT2D eigenvalue weighted by molar-refractivity contribution is 1.27. The van der Waals surface area contributed by atoms with E-state index in [9.17, 15) is 15.8 Å². The lowest BCUT2D eigenvalue weighted by Gasteiger charge is -2.34. The van der Waals surface area contributed by atoms with Crippen LogP contribution in [0.2, 0.25) is 0 Å². The molecule has 178 valence electrons. The van der Waals surface area contributed by atoms with Crippen LogP contribution in [0.15, 0.2) is 90.5 Å². The van der Waals surface area contributed by atoms with E-state index in [-0.39, 0.29) is 11.1 Å². The Morgan fingerprint density at radius 2 is 1.42 bits per heavy atom. The van der Waals surface area contributed by atoms with Crippen LogP contribution in [0.25, 0.3) is 37.9 Å². The number of thiophene rings is 1. The van der Waals surface area contributed by atoms with Crippen LogP contribution in [0.3, 0.4) is 0 Å². The minimum absolute atomic E-state index is 0.115. The van der Waals surface area contributed by atoms with Crippen LogP contribution in [0.5, 0.6) is 0 Å². The third-order valence-corrected chi connectivity index (χ3v) is 8.07. The standard InChI is InChI=1S/C33H20N4S/c1-20-6-9-23(10-7-20)37-29-12-8-21(2)16-27(29)26-5-3-4-25-24(11-13-30(37)33(25)26)31-14-15-32(38-31)28(19-36)22(17-34)18-35/h3-16H,1-2H3. The van der Waals surface area contributed by atoms with E-state index < -0.39 is 0 Å². The topological polar surface area (TPSA) is 74.6 Å². The van der Waals surface area contributed by atoms with Crippen LogP contribution in [0.4, 0.5) is 17.1 Å². The Balaban J connectivity index is 1.61. The van der Waals surface area contributed by atoms with E-state index in [1.54, 1.807) is 0 Å². The van der Waals surface area contributed by atoms with Gasteiger partial charge in [0.1, 0.15) is 23.8 Å². The second-order valence-electron chi connectivity index (χ2n) is 9.30. The highest BCUT2D eigenvalue weighted by atomic mass is 32.1. The normalized spacial score (nSPS) is 11.3. The number of benzene rings is 4. The molecule has 4 aromatic carbocycles. The average molecular weight is 505 g/mol. The van der Waals surface area contributed by atoms with Gasteiger partial charge in [0.05, 0.1) is 16.9 Å². The fourth-order valence-corrected chi connectivity index (χ4v) is 6.21. The first kappa shape index (κ1) is 23.3. The molecule has 0 bridgehead atoms. The number of fused-ring (bicyclic) bond motifs is 2. The monoisotopic (exact) mass is 504 g/mol. The molecule has 0 unspecified atom stereocenters. The van der Waals surface area contributed by atoms with Crippen molar-refractivity contribution < 1.29 is 0 Å². The summed E-state index contributed by atoms with van der Waals surface area (Å²) < 4.78 is 0. The fourth-order valence-electron chi connectivity index (χ4n) is 5.16. The number of hydrogen-bond acceptors (Lipinski definition) is 5. The van der Waals surface area contributed by atoms with Crippen molar-refractivity contribution >= 4 is 44.7 Å². The summed E-state index contributed by atoms with van der Waals surface area (Å²) in [5.74, 6) is 0. The van der Waals surface area contributed by atoms with Crippen LogP contribution < -0.4 is 4.90 Å². The van der Waals surface area contributed by atoms with Crippen molar-refractivity contribution in [3.8, 4) is 39.8 Å². The maximum atomic E-state index is 9.64. The Kier molecular flexibility index (Phi) is 5.54. The number of allylic oxidation sites excluding steroid dienone is 2. The van der Waals surface area contributed by atoms with Crippen LogP contribution in [0.1, 0.15) is 16.0 Å². The van der Waals surface area contributed by atoms with Crippen molar-refractivity contribution in [2.45, 2.75) is 13.8 Å². The van der Waals surface area contributed by atoms with E-state index in [4.69, 9.17) is 0 Å². The van der Waals surface area contributed by atoms with Gasteiger partial charge in [0.2, 0.25) is 0 Å². The number of rotatable bonds is 3. The first-order valence-corrected chi connectivity index (χ1v) is 12.9. The molecule has 1 aliphatic heterocycles. The summed E-state index contributed by atoms with van der Waals surface area (Å²) in [6.45, 7) is 4.21. The summed E-state index contributed by atoms with van der Waals surface area (Å²) in [5.41, 5.74) is 9.16. The van der Waals surface area contributed by atoms with Gasteiger partial charge in [-0.15, -0.1) is 11.3 Å². The summed E-state index contributed by atoms with van der Waals surface area (Å²) in [6, 6.07) is 35.4. The minimum Gasteiger partial charge on any atom is -0.309 e. The molecule has 0 amide bonds. The third-order valence-electron chi connectivity index (χ3n) is 6.94. The first-order valence-electron chi connectivity index (χ1n) is 12.1. The number of nitriles is 3. The van der Waals surface area contributed by atoms with Crippen LogP contribution >= 0.6 is 11.3 Å². The van der Waals surface area contributed by atoms with E-state index in [1.165, 1.54) is 39.0 Å². The molecule has 6 rings (SSSR count). The van der Waals surface area contributed by atoms with Gasteiger partial charge in [0.25, 0.3) is 0 Å². The van der Waals surface area contributed by atoms with Crippen molar-refractivity contribution in [2.75, 3.05) is 4.90 Å². The van der Waals surface area contributed by atoms with Gasteiger partial charge in [-0.3, -0.25) is 0 Å². The lowest BCUT2D eigenvalue weighted by atomic mass is 9.88. The van der Waals surface area contributed by atoms with Gasteiger partial charge in [-0.1, -0.05) is 53.6 Å². The van der Waals surface area contributed by atoms with Crippen LogP contribution in [0, 0.1) is 47.8 Å². The third kappa shape index (κ3) is 3.56. The Morgan fingerprint density at radius 1 is 0.684 bits per heavy atom. The summed E-state index contributed by atoms with van der Waals surface area (Å²) >= 11 is 1.42. The van der Waals surface area contributed by atoms with Crippen LogP contribution in [-0.4, -0.2) is 0 Å². The fraction of sp³-hybridized carbons (Fsp3) is 0.0606. The molecule has 5 heteroatoms. The van der Waals surface area contributed by atoms with E-state index in [1.807, 2.05) is 30.3 Å². The highest BCUT2D eigenvalue weighted by Gasteiger charge is 2.27. The Bertz CT molecular complexity index is 1910. The first-order chi connectivity index (χ1) is 18.5. The van der Waals surface area contributed by atoms with Gasteiger partial charge in [-0.25, -0.2) is 0 Å². The molecule has 0 atom stereocenters. The molecule has 0 N–H and O–H groups in total. The largest absolute Gasteiger partial charge is 0.309 e. The van der Waals surface area contributed by atoms with Crippen molar-refractivity contribution in [2.24, 2.45) is 0 Å². The van der Waals surface area contributed by atoms with Gasteiger partial charge in [0, 0.05) is 26.4 Å². The summed E-state index contributed by atoms with van der Waals surface area (Å²) in [4.78, 5) is 3.92. The predicted octanol–water partition coefficient (Wildman–Crippen LogP) is 8.96. The maximum Gasteiger partial charge on any atom is 0.148 e. The Hall–Kier alpha value is -5.15. The van der Waals surface area contributed by atoms with Crippen molar-refractivity contribution in [3.63, 3.8) is 0 Å². The zero-order valence-corrected chi connectivity index (χ0v) is 21.6. The molecule has 1 aromatic heterocycles. The summed E-state index contributed by atoms with van der Waals surface area (Å²) in [6.07, 6.45) is 0. The molecule has 2 heterocycles. The zero-order chi connectivity index (χ0) is 26.4. The smallest absolute Gasteiger partial charge is 0.148 e. The van der Waals surface area contributed by atoms with E-state index >= 15 is 0 Å². The van der Waals surface area contributed by atoms with Gasteiger partial charge < -0.3 is 4.90 Å². The molecule has 0 radical (unpaired) electrons. The molecule has 0 saturated carbocycles. The highest BCUT2D eigenvalue weighted by Crippen LogP contribution is 2.53. The molecule has 1 aliphatic rings. The van der Waals surface area contributed by atoms with Crippen molar-refractivity contribution in [1.82, 2.24) is 0 Å². The van der Waals surface area contributed by atoms with Crippen molar-refractivity contribution in [3.05, 3.63) is 107 Å². The minimum atomic E-state index is -0.168. The zero-order valence-electron chi connectivity index (χ0n) is 20.8. The number of nitrogens with zero attached hydrogens (tertiary/aromatic N) is 4. The molecule has 0 aliphatic carbocycles. The molecule has 4 nitrogen and oxygen atoms in total. The average Bonchev–Trinajstić information content (AvgIpc) is 3.42. The molecule has 5 aromatic rings. The van der Waals surface area contributed by atoms with Gasteiger partial charge in [-0.05, 0) is 72.8 Å². The summed E-state index contributed by atoms with van der Waals surface area (Å²) in [7, 11) is 0. The van der Waals surface area contributed by atoms with Crippen LogP contribution in [-0.2, 0) is 0 Å². The number of hydrogen-bond donors (Lipinski definition) is 0. The molecule has 0 spiro atoms. The Morgan fingerprint density at radius 3 is 2.16 bits per heavy atom. The van der Waals surface area contributed by atoms with Crippen molar-refractivity contribution in [1.29, 1.82) is 15.8 Å². The SMILES string of the molecule is Cc1ccc(N2c3ccc(C)cc3-c3cccc4c(-c5ccc(C(C#N)=C(C#N)C#N)s5)ccc2c34)cc1. The molecule has 38 heavy (non-hydrogen) atoms. The molecule has 0 fully saturated rings.